The fourth-order valence-electron chi connectivity index (χ4n) is 7.89. The van der Waals surface area contributed by atoms with E-state index in [9.17, 15) is 0 Å². The lowest BCUT2D eigenvalue weighted by molar-refractivity contribution is 0.722. The van der Waals surface area contributed by atoms with Gasteiger partial charge in [0.1, 0.15) is 0 Å². The van der Waals surface area contributed by atoms with E-state index in [4.69, 9.17) is 15.0 Å². The van der Waals surface area contributed by atoms with Gasteiger partial charge in [0.05, 0.1) is 5.41 Å². The molecule has 3 nitrogen and oxygen atoms in total. The van der Waals surface area contributed by atoms with E-state index in [1.165, 1.54) is 43.2 Å². The summed E-state index contributed by atoms with van der Waals surface area (Å²) in [6, 6.07) is 62.5. The molecule has 0 fully saturated rings. The molecule has 4 heteroatoms. The monoisotopic (exact) mass is 655 g/mol. The van der Waals surface area contributed by atoms with Gasteiger partial charge >= 0.3 is 0 Å². The number of hydrogen-bond acceptors (Lipinski definition) is 4. The molecule has 234 valence electrons. The highest BCUT2D eigenvalue weighted by atomic mass is 32.2. The third-order valence-electron chi connectivity index (χ3n) is 10.0. The van der Waals surface area contributed by atoms with E-state index in [1.54, 1.807) is 0 Å². The molecule has 8 aromatic rings. The molecule has 0 unspecified atom stereocenters. The molecule has 7 aromatic carbocycles. The average Bonchev–Trinajstić information content (AvgIpc) is 3.49. The van der Waals surface area contributed by atoms with Gasteiger partial charge in [-0.25, -0.2) is 15.0 Å². The first-order valence-electron chi connectivity index (χ1n) is 16.9. The van der Waals surface area contributed by atoms with Crippen molar-refractivity contribution in [2.24, 2.45) is 0 Å². The van der Waals surface area contributed by atoms with Gasteiger partial charge in [-0.15, -0.1) is 0 Å². The van der Waals surface area contributed by atoms with Crippen molar-refractivity contribution in [3.63, 3.8) is 0 Å². The van der Waals surface area contributed by atoms with Crippen LogP contribution in [-0.2, 0) is 5.41 Å². The SMILES string of the molecule is c1ccc(-c2nc(-c3ccc4c(c3)Sc3ccccc3C43c4ccccc4-c4ccccc43)nc(-c3ccccc3-c3ccccc3)n2)cc1. The van der Waals surface area contributed by atoms with Crippen LogP contribution >= 0.6 is 11.8 Å². The van der Waals surface area contributed by atoms with Crippen LogP contribution in [0.2, 0.25) is 0 Å². The topological polar surface area (TPSA) is 38.7 Å². The summed E-state index contributed by atoms with van der Waals surface area (Å²) in [6.07, 6.45) is 0. The summed E-state index contributed by atoms with van der Waals surface area (Å²) in [4.78, 5) is 17.9. The molecule has 2 aliphatic rings. The number of nitrogens with zero attached hydrogens (tertiary/aromatic N) is 3. The van der Waals surface area contributed by atoms with Gasteiger partial charge < -0.3 is 0 Å². The van der Waals surface area contributed by atoms with E-state index in [0.29, 0.717) is 17.5 Å². The lowest BCUT2D eigenvalue weighted by Crippen LogP contribution is -2.31. The van der Waals surface area contributed by atoms with Crippen molar-refractivity contribution in [3.8, 4) is 56.4 Å². The summed E-state index contributed by atoms with van der Waals surface area (Å²) >= 11 is 1.83. The third kappa shape index (κ3) is 4.35. The Labute approximate surface area is 295 Å². The van der Waals surface area contributed by atoms with Gasteiger partial charge in [-0.2, -0.15) is 0 Å². The highest BCUT2D eigenvalue weighted by molar-refractivity contribution is 7.99. The van der Waals surface area contributed by atoms with Crippen LogP contribution in [-0.4, -0.2) is 15.0 Å². The molecular formula is C46H29N3S. The maximum Gasteiger partial charge on any atom is 0.164 e. The van der Waals surface area contributed by atoms with E-state index in [0.717, 1.165) is 27.8 Å². The lowest BCUT2D eigenvalue weighted by Gasteiger charge is -2.39. The third-order valence-corrected chi connectivity index (χ3v) is 11.2. The van der Waals surface area contributed by atoms with Crippen molar-refractivity contribution >= 4 is 11.8 Å². The van der Waals surface area contributed by atoms with E-state index >= 15 is 0 Å². The highest BCUT2D eigenvalue weighted by Crippen LogP contribution is 2.62. The van der Waals surface area contributed by atoms with Crippen LogP contribution in [0.15, 0.2) is 186 Å². The van der Waals surface area contributed by atoms with Gasteiger partial charge in [0.2, 0.25) is 0 Å². The maximum absolute atomic E-state index is 5.21. The molecule has 1 aromatic heterocycles. The molecule has 1 aliphatic heterocycles. The lowest BCUT2D eigenvalue weighted by atomic mass is 9.67. The minimum absolute atomic E-state index is 0.420. The molecule has 1 spiro atoms. The van der Waals surface area contributed by atoms with Crippen LogP contribution in [0, 0.1) is 0 Å². The number of benzene rings is 7. The van der Waals surface area contributed by atoms with Crippen molar-refractivity contribution < 1.29 is 0 Å². The second-order valence-corrected chi connectivity index (χ2v) is 13.8. The van der Waals surface area contributed by atoms with Gasteiger partial charge in [0, 0.05) is 26.5 Å². The zero-order valence-corrected chi connectivity index (χ0v) is 27.8. The fraction of sp³-hybridized carbons (Fsp3) is 0.0217. The van der Waals surface area contributed by atoms with Crippen molar-refractivity contribution in [3.05, 3.63) is 198 Å². The van der Waals surface area contributed by atoms with Crippen molar-refractivity contribution in [2.75, 3.05) is 0 Å². The number of hydrogen-bond donors (Lipinski definition) is 0. The van der Waals surface area contributed by atoms with Crippen molar-refractivity contribution in [2.45, 2.75) is 15.2 Å². The molecule has 0 saturated carbocycles. The predicted octanol–water partition coefficient (Wildman–Crippen LogP) is 11.4. The molecule has 0 atom stereocenters. The predicted molar refractivity (Wildman–Crippen MR) is 203 cm³/mol. The van der Waals surface area contributed by atoms with Crippen LogP contribution in [0.4, 0.5) is 0 Å². The van der Waals surface area contributed by atoms with Crippen molar-refractivity contribution in [1.29, 1.82) is 0 Å². The molecule has 0 bridgehead atoms. The van der Waals surface area contributed by atoms with Gasteiger partial charge in [0.25, 0.3) is 0 Å². The summed E-state index contributed by atoms with van der Waals surface area (Å²) in [5.41, 5.74) is 12.5. The Kier molecular flexibility index (Phi) is 6.64. The fourth-order valence-corrected chi connectivity index (χ4v) is 9.12. The first-order valence-corrected chi connectivity index (χ1v) is 17.7. The molecule has 0 radical (unpaired) electrons. The van der Waals surface area contributed by atoms with Gasteiger partial charge in [-0.1, -0.05) is 176 Å². The zero-order valence-electron chi connectivity index (χ0n) is 27.0. The number of fused-ring (bicyclic) bond motifs is 9. The summed E-state index contributed by atoms with van der Waals surface area (Å²) < 4.78 is 0. The van der Waals surface area contributed by atoms with Crippen LogP contribution < -0.4 is 0 Å². The van der Waals surface area contributed by atoms with Gasteiger partial charge in [0.15, 0.2) is 17.5 Å². The minimum atomic E-state index is -0.420. The van der Waals surface area contributed by atoms with Crippen molar-refractivity contribution in [1.82, 2.24) is 15.0 Å². The Morgan fingerprint density at radius 3 is 1.48 bits per heavy atom. The standard InChI is InChI=1S/C46H29N3S/c1-3-15-30(16-4-1)33-19-7-8-22-36(33)45-48-43(31-17-5-2-6-18-31)47-44(49-45)32-27-28-40-42(29-32)50-41-26-14-13-25-39(41)46(40)37-23-11-9-20-34(37)35-21-10-12-24-38(35)46/h1-29H. The molecule has 50 heavy (non-hydrogen) atoms. The Balaban J connectivity index is 1.20. The zero-order chi connectivity index (χ0) is 33.1. The summed E-state index contributed by atoms with van der Waals surface area (Å²) in [6.45, 7) is 0. The molecule has 0 amide bonds. The van der Waals surface area contributed by atoms with Crippen LogP contribution in [0.1, 0.15) is 22.3 Å². The second-order valence-electron chi connectivity index (χ2n) is 12.7. The first-order chi connectivity index (χ1) is 24.8. The molecule has 10 rings (SSSR count). The Morgan fingerprint density at radius 1 is 0.320 bits per heavy atom. The molecule has 0 saturated heterocycles. The van der Waals surface area contributed by atoms with E-state index in [2.05, 4.69) is 152 Å². The van der Waals surface area contributed by atoms with E-state index in [-0.39, 0.29) is 0 Å². The highest BCUT2D eigenvalue weighted by Gasteiger charge is 2.50. The Bertz CT molecular complexity index is 2530. The molecular weight excluding hydrogens is 627 g/mol. The Hall–Kier alpha value is -6.10. The maximum atomic E-state index is 5.21. The Morgan fingerprint density at radius 2 is 0.800 bits per heavy atom. The number of aromatic nitrogens is 3. The molecule has 2 heterocycles. The first kappa shape index (κ1) is 28.9. The van der Waals surface area contributed by atoms with Crippen LogP contribution in [0.5, 0.6) is 0 Å². The van der Waals surface area contributed by atoms with Crippen LogP contribution in [0.25, 0.3) is 56.4 Å². The summed E-state index contributed by atoms with van der Waals surface area (Å²) in [5.74, 6) is 1.96. The average molecular weight is 656 g/mol. The quantitative estimate of drug-likeness (QED) is 0.189. The van der Waals surface area contributed by atoms with E-state index in [1.807, 2.05) is 36.0 Å². The normalized spacial score (nSPS) is 13.3. The minimum Gasteiger partial charge on any atom is -0.208 e. The van der Waals surface area contributed by atoms with Gasteiger partial charge in [-0.05, 0) is 56.6 Å². The van der Waals surface area contributed by atoms with Crippen LogP contribution in [0.3, 0.4) is 0 Å². The number of rotatable bonds is 4. The summed E-state index contributed by atoms with van der Waals surface area (Å²) in [7, 11) is 0. The summed E-state index contributed by atoms with van der Waals surface area (Å²) in [5, 5.41) is 0. The largest absolute Gasteiger partial charge is 0.208 e. The van der Waals surface area contributed by atoms with E-state index < -0.39 is 5.41 Å². The second kappa shape index (κ2) is 11.5. The smallest absolute Gasteiger partial charge is 0.164 e. The van der Waals surface area contributed by atoms with Gasteiger partial charge in [-0.3, -0.25) is 0 Å². The molecule has 0 N–H and O–H groups in total. The molecule has 1 aliphatic carbocycles.